The molecular formula is C10H19NSi. The van der Waals surface area contributed by atoms with Gasteiger partial charge in [-0.05, 0) is 6.04 Å². The predicted molar refractivity (Wildman–Crippen MR) is 57.8 cm³/mol. The van der Waals surface area contributed by atoms with E-state index in [1.807, 2.05) is 0 Å². The summed E-state index contributed by atoms with van der Waals surface area (Å²) in [5.74, 6) is 0. The van der Waals surface area contributed by atoms with Gasteiger partial charge in [0.15, 0.2) is 0 Å². The molecule has 0 amide bonds. The first-order valence-corrected chi connectivity index (χ1v) is 7.73. The van der Waals surface area contributed by atoms with E-state index < -0.39 is 8.24 Å². The summed E-state index contributed by atoms with van der Waals surface area (Å²) in [4.78, 5) is 3.70. The van der Waals surface area contributed by atoms with Gasteiger partial charge in [-0.3, -0.25) is 0 Å². The van der Waals surface area contributed by atoms with Crippen molar-refractivity contribution in [1.82, 2.24) is 4.98 Å². The fourth-order valence-corrected chi connectivity index (χ4v) is 4.62. The number of hydrogen-bond acceptors (Lipinski definition) is 1. The predicted octanol–water partition coefficient (Wildman–Crippen LogP) is 2.69. The average Bonchev–Trinajstić information content (AvgIpc) is 2.32. The minimum Gasteiger partial charge on any atom is -0.335 e. The lowest BCUT2D eigenvalue weighted by Gasteiger charge is -2.30. The molecule has 1 rings (SSSR count). The number of hydrogen-bond donors (Lipinski definition) is 1. The van der Waals surface area contributed by atoms with Crippen molar-refractivity contribution in [2.75, 3.05) is 0 Å². The van der Waals surface area contributed by atoms with Crippen LogP contribution in [0.25, 0.3) is 0 Å². The Labute approximate surface area is 76.6 Å². The topological polar surface area (TPSA) is 12.0 Å². The lowest BCUT2D eigenvalue weighted by molar-refractivity contribution is 0.726. The van der Waals surface area contributed by atoms with Crippen LogP contribution in [0.1, 0.15) is 13.8 Å². The van der Waals surface area contributed by atoms with E-state index >= 15 is 0 Å². The molecule has 0 aromatic heterocycles. The lowest BCUT2D eigenvalue weighted by Crippen LogP contribution is -2.50. The molecule has 1 nitrogen and oxygen atoms in total. The van der Waals surface area contributed by atoms with Crippen molar-refractivity contribution in [3.8, 4) is 0 Å². The van der Waals surface area contributed by atoms with Crippen LogP contribution in [-0.4, -0.2) is 14.3 Å². The van der Waals surface area contributed by atoms with Gasteiger partial charge in [-0.25, -0.2) is 0 Å². The normalized spacial score (nSPS) is 18.1. The molecule has 1 N–H and O–H groups in total. The smallest absolute Gasteiger partial charge is 0.130 e. The molecule has 12 heavy (non-hydrogen) atoms. The third-order valence-corrected chi connectivity index (χ3v) is 5.61. The van der Waals surface area contributed by atoms with E-state index in [0.717, 1.165) is 0 Å². The van der Waals surface area contributed by atoms with Crippen LogP contribution in [0, 0.1) is 0 Å². The summed E-state index contributed by atoms with van der Waals surface area (Å²) in [7, 11) is -1.26. The third kappa shape index (κ3) is 2.32. The van der Waals surface area contributed by atoms with E-state index in [2.05, 4.69) is 56.2 Å². The molecule has 0 atom stereocenters. The Morgan fingerprint density at radius 2 is 1.67 bits per heavy atom. The third-order valence-electron chi connectivity index (χ3n) is 2.24. The molecule has 0 saturated carbocycles. The van der Waals surface area contributed by atoms with Crippen LogP contribution in [0.2, 0.25) is 18.6 Å². The van der Waals surface area contributed by atoms with Crippen LogP contribution in [0.3, 0.4) is 0 Å². The second kappa shape index (κ2) is 3.58. The minimum absolute atomic E-state index is 0.606. The Kier molecular flexibility index (Phi) is 2.91. The molecule has 0 aromatic carbocycles. The summed E-state index contributed by atoms with van der Waals surface area (Å²) in [5, 5.41) is 0. The van der Waals surface area contributed by atoms with E-state index in [4.69, 9.17) is 0 Å². The summed E-state index contributed by atoms with van der Waals surface area (Å²) in [6.45, 7) is 9.21. The van der Waals surface area contributed by atoms with Gasteiger partial charge in [0.25, 0.3) is 0 Å². The van der Waals surface area contributed by atoms with Crippen molar-refractivity contribution >= 4 is 8.24 Å². The van der Waals surface area contributed by atoms with Gasteiger partial charge in [0.2, 0.25) is 0 Å². The molecule has 0 heterocycles. The molecule has 0 saturated heterocycles. The molecule has 68 valence electrons. The first-order valence-electron chi connectivity index (χ1n) is 4.65. The molecule has 0 radical (unpaired) electrons. The van der Waals surface area contributed by atoms with Crippen molar-refractivity contribution in [3.05, 3.63) is 24.3 Å². The van der Waals surface area contributed by atoms with Crippen LogP contribution >= 0.6 is 0 Å². The zero-order chi connectivity index (χ0) is 9.19. The van der Waals surface area contributed by atoms with Crippen molar-refractivity contribution < 1.29 is 0 Å². The molecule has 0 aliphatic heterocycles. The van der Waals surface area contributed by atoms with E-state index in [9.17, 15) is 0 Å². The summed E-state index contributed by atoms with van der Waals surface area (Å²) in [6, 6.07) is 0.606. The molecule has 0 unspecified atom stereocenters. The SMILES string of the molecule is CC(C)N[Si](C)(C)C1C=CC=C1. The van der Waals surface area contributed by atoms with Crippen LogP contribution < -0.4 is 4.98 Å². The van der Waals surface area contributed by atoms with Gasteiger partial charge in [-0.15, -0.1) is 0 Å². The van der Waals surface area contributed by atoms with Crippen LogP contribution in [0.15, 0.2) is 24.3 Å². The summed E-state index contributed by atoms with van der Waals surface area (Å²) in [6.07, 6.45) is 8.92. The van der Waals surface area contributed by atoms with Crippen molar-refractivity contribution in [2.24, 2.45) is 0 Å². The first kappa shape index (κ1) is 9.74. The Bertz CT molecular complexity index is 192. The average molecular weight is 181 g/mol. The van der Waals surface area contributed by atoms with E-state index in [-0.39, 0.29) is 0 Å². The van der Waals surface area contributed by atoms with Crippen molar-refractivity contribution in [1.29, 1.82) is 0 Å². The zero-order valence-corrected chi connectivity index (χ0v) is 9.46. The maximum Gasteiger partial charge on any atom is 0.130 e. The van der Waals surface area contributed by atoms with Crippen LogP contribution in [0.4, 0.5) is 0 Å². The monoisotopic (exact) mass is 181 g/mol. The maximum atomic E-state index is 3.70. The van der Waals surface area contributed by atoms with E-state index in [1.165, 1.54) is 0 Å². The van der Waals surface area contributed by atoms with Crippen LogP contribution in [0.5, 0.6) is 0 Å². The van der Waals surface area contributed by atoms with E-state index in [0.29, 0.717) is 11.6 Å². The highest BCUT2D eigenvalue weighted by Gasteiger charge is 2.29. The highest BCUT2D eigenvalue weighted by molar-refractivity contribution is 6.77. The van der Waals surface area contributed by atoms with Gasteiger partial charge in [0, 0.05) is 5.54 Å². The summed E-state index contributed by atoms with van der Waals surface area (Å²) >= 11 is 0. The number of nitrogens with one attached hydrogen (secondary N) is 1. The fraction of sp³-hybridized carbons (Fsp3) is 0.600. The first-order chi connectivity index (χ1) is 5.52. The molecule has 2 heteroatoms. The molecule has 1 aliphatic carbocycles. The van der Waals surface area contributed by atoms with Gasteiger partial charge in [-0.1, -0.05) is 51.2 Å². The molecule has 0 aromatic rings. The van der Waals surface area contributed by atoms with Gasteiger partial charge in [-0.2, -0.15) is 0 Å². The molecule has 0 bridgehead atoms. The molecular weight excluding hydrogens is 162 g/mol. The largest absolute Gasteiger partial charge is 0.335 e. The van der Waals surface area contributed by atoms with Gasteiger partial charge >= 0.3 is 0 Å². The van der Waals surface area contributed by atoms with Crippen LogP contribution in [-0.2, 0) is 0 Å². The number of allylic oxidation sites excluding steroid dienone is 4. The lowest BCUT2D eigenvalue weighted by atomic mass is 10.4. The summed E-state index contributed by atoms with van der Waals surface area (Å²) in [5.41, 5.74) is 0.680. The highest BCUT2D eigenvalue weighted by Crippen LogP contribution is 2.26. The highest BCUT2D eigenvalue weighted by atomic mass is 28.3. The minimum atomic E-state index is -1.26. The second-order valence-electron chi connectivity index (χ2n) is 4.32. The quantitative estimate of drug-likeness (QED) is 0.660. The molecule has 1 aliphatic rings. The van der Waals surface area contributed by atoms with Crippen molar-refractivity contribution in [3.63, 3.8) is 0 Å². The number of rotatable bonds is 3. The second-order valence-corrected chi connectivity index (χ2v) is 8.72. The van der Waals surface area contributed by atoms with Gasteiger partial charge < -0.3 is 4.98 Å². The zero-order valence-electron chi connectivity index (χ0n) is 8.46. The summed E-state index contributed by atoms with van der Waals surface area (Å²) < 4.78 is 0. The van der Waals surface area contributed by atoms with Crippen molar-refractivity contribution in [2.45, 2.75) is 38.5 Å². The Hall–Kier alpha value is -0.343. The van der Waals surface area contributed by atoms with E-state index in [1.54, 1.807) is 0 Å². The molecule has 0 spiro atoms. The maximum absolute atomic E-state index is 3.70. The van der Waals surface area contributed by atoms with Gasteiger partial charge in [0.1, 0.15) is 8.24 Å². The Morgan fingerprint density at radius 1 is 1.17 bits per heavy atom. The Morgan fingerprint density at radius 3 is 2.08 bits per heavy atom. The Balaban J connectivity index is 2.58. The standard InChI is InChI=1S/C10H19NSi/c1-9(2)11-12(3,4)10-7-5-6-8-10/h5-11H,1-4H3. The van der Waals surface area contributed by atoms with Gasteiger partial charge in [0.05, 0.1) is 0 Å². The fourth-order valence-electron chi connectivity index (χ4n) is 1.75. The molecule has 0 fully saturated rings.